The van der Waals surface area contributed by atoms with E-state index in [1.807, 2.05) is 4.90 Å². The molecule has 144 valence electrons. The molecule has 2 amide bonds. The number of methoxy groups -OCH3 is 2. The van der Waals surface area contributed by atoms with E-state index in [9.17, 15) is 9.59 Å². The molecule has 1 unspecified atom stereocenters. The highest BCUT2D eigenvalue weighted by atomic mass is 35.5. The van der Waals surface area contributed by atoms with Crippen LogP contribution in [0.15, 0.2) is 18.2 Å². The van der Waals surface area contributed by atoms with Crippen LogP contribution in [0.4, 0.5) is 5.69 Å². The lowest BCUT2D eigenvalue weighted by Gasteiger charge is -2.24. The molecule has 0 bridgehead atoms. The zero-order valence-electron chi connectivity index (χ0n) is 15.2. The number of rotatable bonds is 4. The Hall–Kier alpha value is -1.99. The summed E-state index contributed by atoms with van der Waals surface area (Å²) in [5.74, 6) is 0.968. The molecule has 2 aliphatic heterocycles. The molecule has 0 radical (unpaired) electrons. The number of carbonyl (C=O) groups excluding carboxylic acids is 2. The number of anilines is 1. The van der Waals surface area contributed by atoms with Crippen LogP contribution in [0.5, 0.6) is 11.5 Å². The molecule has 2 heterocycles. The third-order valence-electron chi connectivity index (χ3n) is 4.80. The predicted molar refractivity (Wildman–Crippen MR) is 101 cm³/mol. The molecule has 0 spiro atoms. The number of nitrogens with one attached hydrogen (secondary N) is 1. The Morgan fingerprint density at radius 1 is 1.19 bits per heavy atom. The van der Waals surface area contributed by atoms with Gasteiger partial charge in [-0.15, -0.1) is 12.4 Å². The van der Waals surface area contributed by atoms with E-state index in [0.717, 1.165) is 26.1 Å². The summed E-state index contributed by atoms with van der Waals surface area (Å²) in [7, 11) is 3.14. The minimum absolute atomic E-state index is 0. The van der Waals surface area contributed by atoms with Crippen molar-refractivity contribution in [2.24, 2.45) is 5.92 Å². The summed E-state index contributed by atoms with van der Waals surface area (Å²) in [5, 5.41) is 3.29. The van der Waals surface area contributed by atoms with Crippen LogP contribution in [-0.2, 0) is 9.59 Å². The fourth-order valence-corrected chi connectivity index (χ4v) is 3.44. The number of amides is 2. The van der Waals surface area contributed by atoms with Crippen LogP contribution in [0, 0.1) is 5.92 Å². The monoisotopic (exact) mass is 383 g/mol. The Bertz CT molecular complexity index is 647. The summed E-state index contributed by atoms with van der Waals surface area (Å²) in [6, 6.07) is 5.34. The van der Waals surface area contributed by atoms with E-state index >= 15 is 0 Å². The SMILES string of the molecule is COc1ccc(N2CC(C(=O)N3CCCNCC3)CC2=O)c(OC)c1.Cl. The summed E-state index contributed by atoms with van der Waals surface area (Å²) in [5.41, 5.74) is 0.682. The Morgan fingerprint density at radius 3 is 2.73 bits per heavy atom. The summed E-state index contributed by atoms with van der Waals surface area (Å²) in [4.78, 5) is 28.8. The molecule has 7 nitrogen and oxygen atoms in total. The van der Waals surface area contributed by atoms with Crippen molar-refractivity contribution in [1.29, 1.82) is 0 Å². The maximum absolute atomic E-state index is 12.8. The molecule has 0 aromatic heterocycles. The first kappa shape index (κ1) is 20.3. The maximum atomic E-state index is 12.8. The van der Waals surface area contributed by atoms with Gasteiger partial charge in [0.25, 0.3) is 0 Å². The van der Waals surface area contributed by atoms with Gasteiger partial charge in [0.05, 0.1) is 25.8 Å². The van der Waals surface area contributed by atoms with E-state index in [1.165, 1.54) is 0 Å². The van der Waals surface area contributed by atoms with Crippen LogP contribution in [0.3, 0.4) is 0 Å². The Labute approximate surface area is 160 Å². The molecule has 2 saturated heterocycles. The van der Waals surface area contributed by atoms with Crippen molar-refractivity contribution in [3.8, 4) is 11.5 Å². The fraction of sp³-hybridized carbons (Fsp3) is 0.556. The summed E-state index contributed by atoms with van der Waals surface area (Å²) < 4.78 is 10.6. The highest BCUT2D eigenvalue weighted by Crippen LogP contribution is 2.36. The molecule has 2 fully saturated rings. The van der Waals surface area contributed by atoms with Crippen molar-refractivity contribution in [2.45, 2.75) is 12.8 Å². The Kier molecular flexibility index (Phi) is 7.11. The van der Waals surface area contributed by atoms with Crippen molar-refractivity contribution in [2.75, 3.05) is 51.8 Å². The lowest BCUT2D eigenvalue weighted by molar-refractivity contribution is -0.135. The molecule has 2 aliphatic rings. The molecule has 1 atom stereocenters. The quantitative estimate of drug-likeness (QED) is 0.848. The second-order valence-electron chi connectivity index (χ2n) is 6.37. The normalized spacial score (nSPS) is 20.4. The van der Waals surface area contributed by atoms with Gasteiger partial charge < -0.3 is 24.6 Å². The van der Waals surface area contributed by atoms with Crippen molar-refractivity contribution in [1.82, 2.24) is 10.2 Å². The standard InChI is InChI=1S/C18H25N3O4.ClH/c1-24-14-4-5-15(16(11-14)25-2)21-12-13(10-17(21)22)18(23)20-8-3-6-19-7-9-20;/h4-5,11,13,19H,3,6-10,12H2,1-2H3;1H. The molecule has 1 aromatic carbocycles. The number of ether oxygens (including phenoxy) is 2. The molecule has 0 aliphatic carbocycles. The lowest BCUT2D eigenvalue weighted by Crippen LogP contribution is -2.39. The molecule has 0 saturated carbocycles. The van der Waals surface area contributed by atoms with E-state index in [0.29, 0.717) is 30.3 Å². The van der Waals surface area contributed by atoms with E-state index in [1.54, 1.807) is 37.3 Å². The number of nitrogens with zero attached hydrogens (tertiary/aromatic N) is 2. The topological polar surface area (TPSA) is 71.1 Å². The van der Waals surface area contributed by atoms with Crippen LogP contribution < -0.4 is 19.7 Å². The van der Waals surface area contributed by atoms with Gasteiger partial charge in [0.2, 0.25) is 11.8 Å². The van der Waals surface area contributed by atoms with Crippen molar-refractivity contribution >= 4 is 29.9 Å². The maximum Gasteiger partial charge on any atom is 0.228 e. The van der Waals surface area contributed by atoms with Gasteiger partial charge in [-0.1, -0.05) is 0 Å². The van der Waals surface area contributed by atoms with Gasteiger partial charge in [-0.3, -0.25) is 9.59 Å². The molecule has 1 N–H and O–H groups in total. The molecular formula is C18H26ClN3O4. The van der Waals surface area contributed by atoms with Crippen LogP contribution in [0.2, 0.25) is 0 Å². The largest absolute Gasteiger partial charge is 0.497 e. The van der Waals surface area contributed by atoms with Gasteiger partial charge in [0.1, 0.15) is 11.5 Å². The summed E-state index contributed by atoms with van der Waals surface area (Å²) in [6.45, 7) is 3.59. The second-order valence-corrected chi connectivity index (χ2v) is 6.37. The molecular weight excluding hydrogens is 358 g/mol. The Morgan fingerprint density at radius 2 is 2.00 bits per heavy atom. The minimum atomic E-state index is -0.294. The molecule has 26 heavy (non-hydrogen) atoms. The average Bonchev–Trinajstić information content (AvgIpc) is 2.85. The van der Waals surface area contributed by atoms with Crippen molar-refractivity contribution in [3.05, 3.63) is 18.2 Å². The average molecular weight is 384 g/mol. The van der Waals surface area contributed by atoms with E-state index in [2.05, 4.69) is 5.32 Å². The molecule has 1 aromatic rings. The minimum Gasteiger partial charge on any atom is -0.497 e. The highest BCUT2D eigenvalue weighted by molar-refractivity contribution is 6.01. The first-order chi connectivity index (χ1) is 12.1. The number of hydrogen-bond donors (Lipinski definition) is 1. The van der Waals surface area contributed by atoms with E-state index in [4.69, 9.17) is 9.47 Å². The van der Waals surface area contributed by atoms with Gasteiger partial charge in [-0.05, 0) is 25.1 Å². The zero-order valence-corrected chi connectivity index (χ0v) is 16.0. The van der Waals surface area contributed by atoms with Gasteiger partial charge in [-0.2, -0.15) is 0 Å². The van der Waals surface area contributed by atoms with Gasteiger partial charge >= 0.3 is 0 Å². The van der Waals surface area contributed by atoms with E-state index in [-0.39, 0.29) is 36.6 Å². The van der Waals surface area contributed by atoms with Crippen molar-refractivity contribution < 1.29 is 19.1 Å². The van der Waals surface area contributed by atoms with Crippen LogP contribution in [0.1, 0.15) is 12.8 Å². The third-order valence-corrected chi connectivity index (χ3v) is 4.80. The first-order valence-corrected chi connectivity index (χ1v) is 8.66. The van der Waals surface area contributed by atoms with Crippen LogP contribution >= 0.6 is 12.4 Å². The Balaban J connectivity index is 0.00000243. The number of carbonyl (C=O) groups is 2. The highest BCUT2D eigenvalue weighted by Gasteiger charge is 2.38. The summed E-state index contributed by atoms with van der Waals surface area (Å²) in [6.07, 6.45) is 1.19. The number of hydrogen-bond acceptors (Lipinski definition) is 5. The van der Waals surface area contributed by atoms with Gasteiger partial charge in [-0.25, -0.2) is 0 Å². The summed E-state index contributed by atoms with van der Waals surface area (Å²) >= 11 is 0. The van der Waals surface area contributed by atoms with Gasteiger partial charge in [0, 0.05) is 38.7 Å². The van der Waals surface area contributed by atoms with Gasteiger partial charge in [0.15, 0.2) is 0 Å². The second kappa shape index (κ2) is 9.09. The predicted octanol–water partition coefficient (Wildman–Crippen LogP) is 1.30. The fourth-order valence-electron chi connectivity index (χ4n) is 3.44. The number of benzene rings is 1. The van der Waals surface area contributed by atoms with Crippen molar-refractivity contribution in [3.63, 3.8) is 0 Å². The number of halogens is 1. The third kappa shape index (κ3) is 4.22. The van der Waals surface area contributed by atoms with E-state index < -0.39 is 0 Å². The zero-order chi connectivity index (χ0) is 17.8. The first-order valence-electron chi connectivity index (χ1n) is 8.66. The molecule has 3 rings (SSSR count). The molecule has 8 heteroatoms. The van der Waals surface area contributed by atoms with Crippen LogP contribution in [0.25, 0.3) is 0 Å². The van der Waals surface area contributed by atoms with Crippen LogP contribution in [-0.4, -0.2) is 63.7 Å². The lowest BCUT2D eigenvalue weighted by atomic mass is 10.1. The smallest absolute Gasteiger partial charge is 0.228 e.